The predicted octanol–water partition coefficient (Wildman–Crippen LogP) is 4.49. The van der Waals surface area contributed by atoms with Crippen molar-refractivity contribution >= 4 is 15.7 Å². The van der Waals surface area contributed by atoms with Gasteiger partial charge < -0.3 is 5.32 Å². The van der Waals surface area contributed by atoms with Crippen LogP contribution in [0.15, 0.2) is 83.8 Å². The van der Waals surface area contributed by atoms with Crippen molar-refractivity contribution in [2.24, 2.45) is 0 Å². The molecule has 0 unspecified atom stereocenters. The quantitative estimate of drug-likeness (QED) is 0.700. The minimum Gasteiger partial charge on any atom is -0.368 e. The number of hydrogen-bond donors (Lipinski definition) is 1. The molecule has 1 fully saturated rings. The van der Waals surface area contributed by atoms with E-state index in [4.69, 9.17) is 0 Å². The van der Waals surface area contributed by atoms with Crippen molar-refractivity contribution < 1.29 is 8.42 Å². The van der Waals surface area contributed by atoms with Gasteiger partial charge in [-0.15, -0.1) is 0 Å². The molecule has 0 saturated carbocycles. The SMILES string of the molecule is Cc1ccc(S(=O)(=O)N2C[C@H](c3ccccc3)[C@]3(C)c4ccccc4N[C@H]23)cc1. The third-order valence-electron chi connectivity index (χ3n) is 6.57. The van der Waals surface area contributed by atoms with Gasteiger partial charge in [-0.3, -0.25) is 0 Å². The van der Waals surface area contributed by atoms with Crippen molar-refractivity contribution in [3.8, 4) is 0 Å². The Balaban J connectivity index is 1.66. The standard InChI is InChI=1S/C24H24N2O2S/c1-17-12-14-19(15-13-17)29(27,28)26-16-21(18-8-4-3-5-9-18)24(2)20-10-6-7-11-22(20)25-23(24)26/h3-15,21,23,25H,16H2,1-2H3/t21-,23-,24+/m1/s1. The maximum Gasteiger partial charge on any atom is 0.244 e. The average molecular weight is 405 g/mol. The second-order valence-corrected chi connectivity index (χ2v) is 10.1. The second-order valence-electron chi connectivity index (χ2n) is 8.23. The summed E-state index contributed by atoms with van der Waals surface area (Å²) in [6.07, 6.45) is -0.323. The molecule has 5 rings (SSSR count). The van der Waals surface area contributed by atoms with Crippen LogP contribution in [0, 0.1) is 6.92 Å². The Morgan fingerprint density at radius 2 is 1.59 bits per heavy atom. The van der Waals surface area contributed by atoms with Crippen molar-refractivity contribution in [2.45, 2.75) is 36.2 Å². The van der Waals surface area contributed by atoms with Crippen molar-refractivity contribution in [1.29, 1.82) is 0 Å². The topological polar surface area (TPSA) is 49.4 Å². The van der Waals surface area contributed by atoms with Crippen LogP contribution in [0.2, 0.25) is 0 Å². The van der Waals surface area contributed by atoms with Crippen LogP contribution in [0.4, 0.5) is 5.69 Å². The molecule has 3 aromatic carbocycles. The number of fused-ring (bicyclic) bond motifs is 3. The molecule has 0 radical (unpaired) electrons. The van der Waals surface area contributed by atoms with Crippen molar-refractivity contribution in [1.82, 2.24) is 4.31 Å². The highest BCUT2D eigenvalue weighted by molar-refractivity contribution is 7.89. The van der Waals surface area contributed by atoms with E-state index in [9.17, 15) is 8.42 Å². The summed E-state index contributed by atoms with van der Waals surface area (Å²) < 4.78 is 29.0. The molecule has 1 N–H and O–H groups in total. The minimum absolute atomic E-state index is 0.0603. The van der Waals surface area contributed by atoms with Crippen LogP contribution in [0.3, 0.4) is 0 Å². The van der Waals surface area contributed by atoms with E-state index in [0.717, 1.165) is 11.3 Å². The molecular formula is C24H24N2O2S. The molecule has 2 aliphatic heterocycles. The summed E-state index contributed by atoms with van der Waals surface area (Å²) in [7, 11) is -3.64. The van der Waals surface area contributed by atoms with Gasteiger partial charge in [-0.1, -0.05) is 73.2 Å². The summed E-state index contributed by atoms with van der Waals surface area (Å²) in [6, 6.07) is 25.6. The number of aryl methyl sites for hydroxylation is 1. The van der Waals surface area contributed by atoms with E-state index >= 15 is 0 Å². The number of hydrogen-bond acceptors (Lipinski definition) is 3. The maximum atomic E-state index is 13.6. The van der Waals surface area contributed by atoms with Gasteiger partial charge in [0, 0.05) is 23.6 Å². The van der Waals surface area contributed by atoms with E-state index in [0.29, 0.717) is 11.4 Å². The van der Waals surface area contributed by atoms with Gasteiger partial charge >= 0.3 is 0 Å². The summed E-state index contributed by atoms with van der Waals surface area (Å²) >= 11 is 0. The van der Waals surface area contributed by atoms with E-state index in [2.05, 4.69) is 30.4 Å². The third kappa shape index (κ3) is 2.65. The highest BCUT2D eigenvalue weighted by Gasteiger charge is 2.59. The number of benzene rings is 3. The lowest BCUT2D eigenvalue weighted by Gasteiger charge is -2.32. The van der Waals surface area contributed by atoms with Crippen molar-refractivity contribution in [3.05, 3.63) is 95.6 Å². The fourth-order valence-electron chi connectivity index (χ4n) is 4.97. The number of sulfonamides is 1. The summed E-state index contributed by atoms with van der Waals surface area (Å²) in [6.45, 7) is 4.60. The van der Waals surface area contributed by atoms with Gasteiger partial charge in [0.25, 0.3) is 0 Å². The van der Waals surface area contributed by atoms with Crippen LogP contribution in [-0.2, 0) is 15.4 Å². The number of para-hydroxylation sites is 1. The molecule has 0 bridgehead atoms. The first kappa shape index (κ1) is 18.4. The molecule has 0 amide bonds. The van der Waals surface area contributed by atoms with E-state index in [1.54, 1.807) is 16.4 Å². The van der Waals surface area contributed by atoms with Crippen LogP contribution in [0.5, 0.6) is 0 Å². The smallest absolute Gasteiger partial charge is 0.244 e. The van der Waals surface area contributed by atoms with Gasteiger partial charge in [0.05, 0.1) is 4.90 Å². The van der Waals surface area contributed by atoms with E-state index < -0.39 is 10.0 Å². The summed E-state index contributed by atoms with van der Waals surface area (Å²) in [5.41, 5.74) is 4.06. The molecule has 29 heavy (non-hydrogen) atoms. The summed E-state index contributed by atoms with van der Waals surface area (Å²) in [5, 5.41) is 3.52. The van der Waals surface area contributed by atoms with Gasteiger partial charge in [0.15, 0.2) is 0 Å². The lowest BCUT2D eigenvalue weighted by molar-refractivity contribution is 0.354. The van der Waals surface area contributed by atoms with Crippen LogP contribution in [0.25, 0.3) is 0 Å². The number of nitrogens with one attached hydrogen (secondary N) is 1. The Hall–Kier alpha value is -2.63. The molecule has 4 nitrogen and oxygen atoms in total. The molecule has 148 valence electrons. The Morgan fingerprint density at radius 1 is 0.931 bits per heavy atom. The molecule has 0 spiro atoms. The zero-order chi connectivity index (χ0) is 20.2. The largest absolute Gasteiger partial charge is 0.368 e. The fourth-order valence-corrected chi connectivity index (χ4v) is 6.61. The van der Waals surface area contributed by atoms with E-state index in [-0.39, 0.29) is 17.5 Å². The molecule has 5 heteroatoms. The molecule has 3 aromatic rings. The molecule has 3 atom stereocenters. The first-order valence-electron chi connectivity index (χ1n) is 9.92. The van der Waals surface area contributed by atoms with Crippen LogP contribution in [-0.4, -0.2) is 25.4 Å². The molecule has 2 heterocycles. The van der Waals surface area contributed by atoms with Crippen LogP contribution < -0.4 is 5.32 Å². The number of anilines is 1. The Labute approximate surface area is 172 Å². The van der Waals surface area contributed by atoms with Gasteiger partial charge in [0.1, 0.15) is 6.17 Å². The fraction of sp³-hybridized carbons (Fsp3) is 0.250. The molecule has 2 aliphatic rings. The number of rotatable bonds is 3. The zero-order valence-electron chi connectivity index (χ0n) is 16.5. The Morgan fingerprint density at radius 3 is 2.31 bits per heavy atom. The Kier molecular flexibility index (Phi) is 4.09. The zero-order valence-corrected chi connectivity index (χ0v) is 17.4. The normalized spacial score (nSPS) is 26.0. The Bertz CT molecular complexity index is 1160. The van der Waals surface area contributed by atoms with Crippen molar-refractivity contribution in [2.75, 3.05) is 11.9 Å². The van der Waals surface area contributed by atoms with Gasteiger partial charge in [-0.25, -0.2) is 8.42 Å². The van der Waals surface area contributed by atoms with Crippen LogP contribution >= 0.6 is 0 Å². The highest BCUT2D eigenvalue weighted by atomic mass is 32.2. The van der Waals surface area contributed by atoms with Crippen molar-refractivity contribution in [3.63, 3.8) is 0 Å². The third-order valence-corrected chi connectivity index (χ3v) is 8.42. The predicted molar refractivity (Wildman–Crippen MR) is 115 cm³/mol. The average Bonchev–Trinajstić information content (AvgIpc) is 3.19. The molecule has 0 aliphatic carbocycles. The molecular weight excluding hydrogens is 380 g/mol. The monoisotopic (exact) mass is 404 g/mol. The first-order chi connectivity index (χ1) is 13.9. The van der Waals surface area contributed by atoms with Gasteiger partial charge in [-0.05, 0) is 36.2 Å². The lowest BCUT2D eigenvalue weighted by atomic mass is 9.71. The maximum absolute atomic E-state index is 13.6. The van der Waals surface area contributed by atoms with E-state index in [1.165, 1.54) is 11.1 Å². The highest BCUT2D eigenvalue weighted by Crippen LogP contribution is 2.56. The summed E-state index contributed by atoms with van der Waals surface area (Å²) in [5.74, 6) is 0.0603. The van der Waals surface area contributed by atoms with Gasteiger partial charge in [0.2, 0.25) is 10.0 Å². The summed E-state index contributed by atoms with van der Waals surface area (Å²) in [4.78, 5) is 0.344. The number of nitrogens with zero attached hydrogens (tertiary/aromatic N) is 1. The minimum atomic E-state index is -3.64. The van der Waals surface area contributed by atoms with Crippen LogP contribution in [0.1, 0.15) is 29.5 Å². The lowest BCUT2D eigenvalue weighted by Crippen LogP contribution is -2.45. The molecule has 0 aromatic heterocycles. The van der Waals surface area contributed by atoms with E-state index in [1.807, 2.05) is 55.5 Å². The second kappa shape index (κ2) is 6.44. The molecule has 1 saturated heterocycles. The van der Waals surface area contributed by atoms with Gasteiger partial charge in [-0.2, -0.15) is 4.31 Å². The first-order valence-corrected chi connectivity index (χ1v) is 11.4.